The molecule has 1 aromatic rings. The number of nitrogens with one attached hydrogen (secondary N) is 1. The van der Waals surface area contributed by atoms with Crippen LogP contribution < -0.4 is 9.86 Å². The van der Waals surface area contributed by atoms with Crippen LogP contribution in [-0.2, 0) is 24.8 Å². The minimum atomic E-state index is -4.13. The number of hydrogen-bond acceptors (Lipinski definition) is 5. The Morgan fingerprint density at radius 3 is 2.33 bits per heavy atom. The van der Waals surface area contributed by atoms with Gasteiger partial charge in [0, 0.05) is 6.54 Å². The fourth-order valence-corrected chi connectivity index (χ4v) is 3.87. The Hall–Kier alpha value is -1.26. The number of nitrogens with two attached hydrogens (primary N) is 1. The average molecular weight is 334 g/mol. The predicted molar refractivity (Wildman–Crippen MR) is 78.6 cm³/mol. The van der Waals surface area contributed by atoms with E-state index < -0.39 is 24.9 Å². The zero-order chi connectivity index (χ0) is 16.1. The van der Waals surface area contributed by atoms with E-state index in [1.165, 1.54) is 18.2 Å². The third-order valence-electron chi connectivity index (χ3n) is 2.33. The first kappa shape index (κ1) is 17.8. The highest BCUT2D eigenvalue weighted by molar-refractivity contribution is 7.92. The minimum Gasteiger partial charge on any atom is -0.376 e. The van der Waals surface area contributed by atoms with Crippen LogP contribution in [0, 0.1) is 0 Å². The molecular formula is C12H18N2O5S2. The Kier molecular flexibility index (Phi) is 6.05. The van der Waals surface area contributed by atoms with Gasteiger partial charge in [0.1, 0.15) is 9.79 Å². The van der Waals surface area contributed by atoms with E-state index >= 15 is 0 Å². The lowest BCUT2D eigenvalue weighted by molar-refractivity contribution is 0.162. The van der Waals surface area contributed by atoms with Gasteiger partial charge in [0.15, 0.2) is 0 Å². The first-order chi connectivity index (χ1) is 9.64. The van der Waals surface area contributed by atoms with Crippen LogP contribution in [0.15, 0.2) is 46.2 Å². The molecule has 0 aliphatic rings. The Morgan fingerprint density at radius 2 is 1.81 bits per heavy atom. The molecule has 1 rings (SSSR count). The van der Waals surface area contributed by atoms with Gasteiger partial charge in [-0.25, -0.2) is 26.7 Å². The van der Waals surface area contributed by atoms with Crippen molar-refractivity contribution < 1.29 is 21.6 Å². The second-order valence-electron chi connectivity index (χ2n) is 4.40. The van der Waals surface area contributed by atoms with Gasteiger partial charge in [0.05, 0.1) is 13.2 Å². The predicted octanol–water partition coefficient (Wildman–Crippen LogP) is 0.205. The van der Waals surface area contributed by atoms with Gasteiger partial charge in [-0.2, -0.15) is 0 Å². The van der Waals surface area contributed by atoms with Gasteiger partial charge < -0.3 is 4.74 Å². The first-order valence-corrected chi connectivity index (χ1v) is 9.01. The van der Waals surface area contributed by atoms with E-state index in [1.807, 2.05) is 0 Å². The van der Waals surface area contributed by atoms with Crippen LogP contribution in [0.25, 0.3) is 0 Å². The third kappa shape index (κ3) is 5.56. The maximum absolute atomic E-state index is 12.1. The van der Waals surface area contributed by atoms with Crippen molar-refractivity contribution in [2.45, 2.75) is 16.7 Å². The van der Waals surface area contributed by atoms with Gasteiger partial charge in [-0.3, -0.25) is 0 Å². The normalized spacial score (nSPS) is 12.3. The van der Waals surface area contributed by atoms with E-state index in [2.05, 4.69) is 11.3 Å². The maximum atomic E-state index is 12.1. The topological polar surface area (TPSA) is 116 Å². The highest BCUT2D eigenvalue weighted by Crippen LogP contribution is 2.18. The number of rotatable bonds is 8. The third-order valence-corrected chi connectivity index (χ3v) is 4.95. The van der Waals surface area contributed by atoms with Gasteiger partial charge in [0.25, 0.3) is 0 Å². The van der Waals surface area contributed by atoms with Crippen molar-refractivity contribution >= 4 is 20.0 Å². The highest BCUT2D eigenvalue weighted by Gasteiger charge is 2.23. The van der Waals surface area contributed by atoms with E-state index in [9.17, 15) is 16.8 Å². The van der Waals surface area contributed by atoms with Crippen molar-refractivity contribution in [3.63, 3.8) is 0 Å². The molecule has 0 unspecified atom stereocenters. The molecule has 118 valence electrons. The van der Waals surface area contributed by atoms with Gasteiger partial charge in [-0.05, 0) is 19.1 Å². The zero-order valence-corrected chi connectivity index (χ0v) is 13.2. The lowest BCUT2D eigenvalue weighted by Crippen LogP contribution is -2.29. The molecule has 0 aliphatic carbocycles. The highest BCUT2D eigenvalue weighted by atomic mass is 32.2. The van der Waals surface area contributed by atoms with Gasteiger partial charge in [-0.1, -0.05) is 24.3 Å². The molecule has 7 nitrogen and oxygen atoms in total. The van der Waals surface area contributed by atoms with Gasteiger partial charge in [0.2, 0.25) is 20.0 Å². The molecule has 0 radical (unpaired) electrons. The van der Waals surface area contributed by atoms with Crippen molar-refractivity contribution in [2.75, 3.05) is 19.8 Å². The molecule has 0 spiro atoms. The summed E-state index contributed by atoms with van der Waals surface area (Å²) in [5.41, 5.74) is 0.817. The molecule has 21 heavy (non-hydrogen) atoms. The summed E-state index contributed by atoms with van der Waals surface area (Å²) in [5.74, 6) is 0. The molecule has 0 aliphatic heterocycles. The van der Waals surface area contributed by atoms with Crippen LogP contribution in [0.5, 0.6) is 0 Å². The molecule has 0 aromatic heterocycles. The zero-order valence-electron chi connectivity index (χ0n) is 11.6. The summed E-state index contributed by atoms with van der Waals surface area (Å²) in [6.45, 7) is 5.91. The van der Waals surface area contributed by atoms with Crippen molar-refractivity contribution in [3.8, 4) is 0 Å². The molecule has 0 bridgehead atoms. The van der Waals surface area contributed by atoms with Gasteiger partial charge in [-0.15, -0.1) is 0 Å². The van der Waals surface area contributed by atoms with Crippen LogP contribution in [0.1, 0.15) is 6.92 Å². The number of hydrogen-bond donors (Lipinski definition) is 2. The molecule has 0 atom stereocenters. The fraction of sp³-hybridized carbons (Fsp3) is 0.333. The van der Waals surface area contributed by atoms with Crippen LogP contribution in [0.4, 0.5) is 0 Å². The summed E-state index contributed by atoms with van der Waals surface area (Å²) < 4.78 is 54.4. The average Bonchev–Trinajstić information content (AvgIpc) is 2.37. The van der Waals surface area contributed by atoms with Gasteiger partial charge >= 0.3 is 0 Å². The molecule has 1 aromatic carbocycles. The maximum Gasteiger partial charge on any atom is 0.241 e. The van der Waals surface area contributed by atoms with Crippen molar-refractivity contribution in [1.82, 2.24) is 4.72 Å². The molecule has 9 heteroatoms. The summed E-state index contributed by atoms with van der Waals surface area (Å²) in [6.07, 6.45) is 0. The number of ether oxygens (including phenoxy) is 1. The summed E-state index contributed by atoms with van der Waals surface area (Å²) in [7, 11) is -8.11. The van der Waals surface area contributed by atoms with Crippen molar-refractivity contribution in [1.29, 1.82) is 0 Å². The second-order valence-corrected chi connectivity index (χ2v) is 7.66. The lowest BCUT2D eigenvalue weighted by Gasteiger charge is -2.10. The quantitative estimate of drug-likeness (QED) is 0.520. The molecule has 3 N–H and O–H groups in total. The molecule has 0 amide bonds. The molecule has 0 fully saturated rings. The Bertz CT molecular complexity index is 711. The van der Waals surface area contributed by atoms with E-state index in [4.69, 9.17) is 9.88 Å². The smallest absolute Gasteiger partial charge is 0.241 e. The lowest BCUT2D eigenvalue weighted by atomic mass is 10.4. The van der Waals surface area contributed by atoms with Crippen LogP contribution >= 0.6 is 0 Å². The monoisotopic (exact) mass is 334 g/mol. The second kappa shape index (κ2) is 7.14. The molecule has 0 heterocycles. The van der Waals surface area contributed by atoms with E-state index in [0.717, 1.165) is 11.6 Å². The van der Waals surface area contributed by atoms with Crippen molar-refractivity contribution in [3.05, 3.63) is 36.4 Å². The summed E-state index contributed by atoms with van der Waals surface area (Å²) in [6, 6.07) is 5.13. The SMILES string of the molecule is C=C(C)COCCNS(=O)(=O)c1ccccc1S(N)(=O)=O. The largest absolute Gasteiger partial charge is 0.376 e. The number of sulfonamides is 2. The Labute approximate surface area is 124 Å². The molecule has 0 saturated carbocycles. The Balaban J connectivity index is 2.83. The van der Waals surface area contributed by atoms with E-state index in [-0.39, 0.29) is 18.0 Å². The van der Waals surface area contributed by atoms with Crippen LogP contribution in [0.2, 0.25) is 0 Å². The number of primary sulfonamides is 1. The van der Waals surface area contributed by atoms with Crippen LogP contribution in [0.3, 0.4) is 0 Å². The van der Waals surface area contributed by atoms with Crippen LogP contribution in [-0.4, -0.2) is 36.6 Å². The fourth-order valence-electron chi connectivity index (χ4n) is 1.48. The standard InChI is InChI=1S/C12H18N2O5S2/c1-10(2)9-19-8-7-14-21(17,18)12-6-4-3-5-11(12)20(13,15)16/h3-6,14H,1,7-9H2,2H3,(H2,13,15,16). The van der Waals surface area contributed by atoms with Crippen molar-refractivity contribution in [2.24, 2.45) is 5.14 Å². The molecule has 0 saturated heterocycles. The van der Waals surface area contributed by atoms with E-state index in [0.29, 0.717) is 6.61 Å². The van der Waals surface area contributed by atoms with E-state index in [1.54, 1.807) is 6.92 Å². The summed E-state index contributed by atoms with van der Waals surface area (Å²) >= 11 is 0. The first-order valence-electron chi connectivity index (χ1n) is 5.98. The number of benzene rings is 1. The molecular weight excluding hydrogens is 316 g/mol. The summed E-state index contributed by atoms with van der Waals surface area (Å²) in [5, 5.41) is 5.01. The summed E-state index contributed by atoms with van der Waals surface area (Å²) in [4.78, 5) is -0.826. The minimum absolute atomic E-state index is 0.00850. The Morgan fingerprint density at radius 1 is 1.24 bits per heavy atom.